The average Bonchev–Trinajstić information content (AvgIpc) is 2.32. The third-order valence-corrected chi connectivity index (χ3v) is 2.13. The molecule has 106 valence electrons. The van der Waals surface area contributed by atoms with Crippen LogP contribution in [0.5, 0.6) is 5.75 Å². The number of nitrogens with two attached hydrogens (primary N) is 1. The van der Waals surface area contributed by atoms with Crippen molar-refractivity contribution in [1.82, 2.24) is 0 Å². The number of ether oxygens (including phenoxy) is 1. The second-order valence-corrected chi connectivity index (χ2v) is 3.70. The number of alkyl halides is 3. The first-order valence-corrected chi connectivity index (χ1v) is 5.47. The molecular weight excluding hydrogens is 263 g/mol. The molecule has 0 fully saturated rings. The van der Waals surface area contributed by atoms with Gasteiger partial charge in [-0.3, -0.25) is 0 Å². The molecule has 0 radical (unpaired) electrons. The fraction of sp³-hybridized carbons (Fsp3) is 0.364. The Balaban J connectivity index is 2.44. The van der Waals surface area contributed by atoms with E-state index in [1.807, 2.05) is 0 Å². The maximum Gasteiger partial charge on any atom is 0.573 e. The van der Waals surface area contributed by atoms with E-state index in [0.29, 0.717) is 25.1 Å². The fourth-order valence-corrected chi connectivity index (χ4v) is 1.36. The van der Waals surface area contributed by atoms with Crippen molar-refractivity contribution in [1.29, 1.82) is 0 Å². The second kappa shape index (κ2) is 6.72. The smallest absolute Gasteiger partial charge is 0.409 e. The third kappa shape index (κ3) is 6.39. The first-order chi connectivity index (χ1) is 8.90. The Hall–Kier alpha value is -2.12. The summed E-state index contributed by atoms with van der Waals surface area (Å²) in [7, 11) is 0. The van der Waals surface area contributed by atoms with Crippen molar-refractivity contribution >= 4 is 11.5 Å². The topological polar surface area (TPSA) is 79.9 Å². The van der Waals surface area contributed by atoms with Gasteiger partial charge in [0.15, 0.2) is 0 Å². The summed E-state index contributed by atoms with van der Waals surface area (Å²) >= 11 is 0. The zero-order chi connectivity index (χ0) is 14.3. The number of rotatable bonds is 6. The van der Waals surface area contributed by atoms with Crippen molar-refractivity contribution < 1.29 is 23.1 Å². The van der Waals surface area contributed by atoms with Gasteiger partial charge in [-0.2, -0.15) is 0 Å². The van der Waals surface area contributed by atoms with E-state index in [2.05, 4.69) is 15.2 Å². The lowest BCUT2D eigenvalue weighted by Gasteiger charge is -2.11. The highest BCUT2D eigenvalue weighted by atomic mass is 19.4. The minimum absolute atomic E-state index is 0.107. The Bertz CT molecular complexity index is 435. The highest BCUT2D eigenvalue weighted by Gasteiger charge is 2.31. The minimum Gasteiger partial charge on any atom is -0.409 e. The molecule has 1 rings (SSSR count). The first kappa shape index (κ1) is 14.9. The van der Waals surface area contributed by atoms with E-state index < -0.39 is 6.36 Å². The summed E-state index contributed by atoms with van der Waals surface area (Å²) in [6.07, 6.45) is -3.73. The summed E-state index contributed by atoms with van der Waals surface area (Å²) < 4.78 is 39.8. The predicted octanol–water partition coefficient (Wildman–Crippen LogP) is 2.52. The van der Waals surface area contributed by atoms with Crippen LogP contribution in [0, 0.1) is 0 Å². The van der Waals surface area contributed by atoms with Crippen molar-refractivity contribution in [2.75, 3.05) is 11.9 Å². The number of hydrogen-bond donors (Lipinski definition) is 3. The molecule has 0 saturated carbocycles. The number of amidine groups is 1. The van der Waals surface area contributed by atoms with Crippen LogP contribution in [0.2, 0.25) is 0 Å². The number of nitrogens with one attached hydrogen (secondary N) is 1. The van der Waals surface area contributed by atoms with Crippen LogP contribution in [-0.4, -0.2) is 23.9 Å². The molecule has 4 N–H and O–H groups in total. The Kier molecular flexibility index (Phi) is 5.28. The van der Waals surface area contributed by atoms with Gasteiger partial charge in [-0.05, 0) is 18.6 Å². The quantitative estimate of drug-likeness (QED) is 0.245. The monoisotopic (exact) mass is 277 g/mol. The van der Waals surface area contributed by atoms with Crippen molar-refractivity contribution in [2.24, 2.45) is 10.9 Å². The number of anilines is 1. The van der Waals surface area contributed by atoms with Crippen LogP contribution in [0.3, 0.4) is 0 Å². The van der Waals surface area contributed by atoms with Crippen LogP contribution in [0.4, 0.5) is 18.9 Å². The normalized spacial score (nSPS) is 12.3. The van der Waals surface area contributed by atoms with Crippen LogP contribution in [0.15, 0.2) is 29.4 Å². The van der Waals surface area contributed by atoms with E-state index in [-0.39, 0.29) is 11.6 Å². The van der Waals surface area contributed by atoms with Gasteiger partial charge in [0.25, 0.3) is 0 Å². The van der Waals surface area contributed by atoms with Gasteiger partial charge in [0, 0.05) is 24.7 Å². The van der Waals surface area contributed by atoms with Crippen LogP contribution in [-0.2, 0) is 0 Å². The number of hydrogen-bond acceptors (Lipinski definition) is 4. The predicted molar refractivity (Wildman–Crippen MR) is 64.3 cm³/mol. The summed E-state index contributed by atoms with van der Waals surface area (Å²) in [4.78, 5) is 0. The number of oxime groups is 1. The van der Waals surface area contributed by atoms with Gasteiger partial charge in [0.1, 0.15) is 11.6 Å². The zero-order valence-electron chi connectivity index (χ0n) is 9.94. The molecular formula is C11H14F3N3O2. The third-order valence-electron chi connectivity index (χ3n) is 2.13. The van der Waals surface area contributed by atoms with Gasteiger partial charge >= 0.3 is 6.36 Å². The summed E-state index contributed by atoms with van der Waals surface area (Å²) in [6, 6.07) is 5.53. The van der Waals surface area contributed by atoms with Gasteiger partial charge in [-0.15, -0.1) is 13.2 Å². The molecule has 1 aromatic carbocycles. The lowest BCUT2D eigenvalue weighted by Crippen LogP contribution is -2.17. The zero-order valence-corrected chi connectivity index (χ0v) is 9.94. The standard InChI is InChI=1S/C11H14F3N3O2/c12-11(13,14)19-9-4-1-3-8(7-9)16-6-2-5-10(15)17-18/h1,3-4,7,16,18H,2,5-6H2,(H2,15,17). The van der Waals surface area contributed by atoms with Crippen molar-refractivity contribution in [3.8, 4) is 5.75 Å². The average molecular weight is 277 g/mol. The SMILES string of the molecule is NC(CCCNc1cccc(OC(F)(F)F)c1)=NO. The molecule has 0 aromatic heterocycles. The number of nitrogens with zero attached hydrogens (tertiary/aromatic N) is 1. The molecule has 0 atom stereocenters. The molecule has 0 bridgehead atoms. The molecule has 1 aromatic rings. The molecule has 0 heterocycles. The highest BCUT2D eigenvalue weighted by Crippen LogP contribution is 2.24. The summed E-state index contributed by atoms with van der Waals surface area (Å²) in [6.45, 7) is 0.478. The van der Waals surface area contributed by atoms with Gasteiger partial charge < -0.3 is 21.0 Å². The molecule has 0 spiro atoms. The molecule has 0 aliphatic carbocycles. The van der Waals surface area contributed by atoms with Crippen molar-refractivity contribution in [3.05, 3.63) is 24.3 Å². The second-order valence-electron chi connectivity index (χ2n) is 3.70. The Morgan fingerprint density at radius 2 is 2.16 bits per heavy atom. The van der Waals surface area contributed by atoms with Crippen LogP contribution in [0.25, 0.3) is 0 Å². The van der Waals surface area contributed by atoms with E-state index in [4.69, 9.17) is 10.9 Å². The molecule has 8 heteroatoms. The Morgan fingerprint density at radius 3 is 2.79 bits per heavy atom. The molecule has 0 aliphatic heterocycles. The van der Waals surface area contributed by atoms with Gasteiger partial charge in [-0.1, -0.05) is 11.2 Å². The summed E-state index contributed by atoms with van der Waals surface area (Å²) in [5.41, 5.74) is 5.77. The lowest BCUT2D eigenvalue weighted by atomic mass is 10.2. The van der Waals surface area contributed by atoms with Crippen LogP contribution < -0.4 is 15.8 Å². The van der Waals surface area contributed by atoms with E-state index in [0.717, 1.165) is 0 Å². The first-order valence-electron chi connectivity index (χ1n) is 5.47. The van der Waals surface area contributed by atoms with E-state index in [1.54, 1.807) is 6.07 Å². The molecule has 19 heavy (non-hydrogen) atoms. The molecule has 5 nitrogen and oxygen atoms in total. The van der Waals surface area contributed by atoms with Crippen molar-refractivity contribution in [2.45, 2.75) is 19.2 Å². The Morgan fingerprint density at radius 1 is 1.42 bits per heavy atom. The summed E-state index contributed by atoms with van der Waals surface area (Å²) in [5.74, 6) is -0.176. The summed E-state index contributed by atoms with van der Waals surface area (Å²) in [5, 5.41) is 14.0. The van der Waals surface area contributed by atoms with E-state index >= 15 is 0 Å². The van der Waals surface area contributed by atoms with E-state index in [1.165, 1.54) is 18.2 Å². The van der Waals surface area contributed by atoms with Crippen LogP contribution >= 0.6 is 0 Å². The maximum absolute atomic E-state index is 12.0. The molecule has 0 amide bonds. The minimum atomic E-state index is -4.70. The highest BCUT2D eigenvalue weighted by molar-refractivity contribution is 5.79. The molecule has 0 saturated heterocycles. The molecule has 0 aliphatic rings. The number of benzene rings is 1. The van der Waals surface area contributed by atoms with E-state index in [9.17, 15) is 13.2 Å². The number of halogens is 3. The van der Waals surface area contributed by atoms with Gasteiger partial charge in [-0.25, -0.2) is 0 Å². The van der Waals surface area contributed by atoms with Gasteiger partial charge in [0.05, 0.1) is 0 Å². The lowest BCUT2D eigenvalue weighted by molar-refractivity contribution is -0.274. The Labute approximate surface area is 107 Å². The van der Waals surface area contributed by atoms with Gasteiger partial charge in [0.2, 0.25) is 0 Å². The van der Waals surface area contributed by atoms with Crippen molar-refractivity contribution in [3.63, 3.8) is 0 Å². The molecule has 0 unspecified atom stereocenters. The fourth-order valence-electron chi connectivity index (χ4n) is 1.36. The maximum atomic E-state index is 12.0. The largest absolute Gasteiger partial charge is 0.573 e. The van der Waals surface area contributed by atoms with Crippen LogP contribution in [0.1, 0.15) is 12.8 Å².